The number of amides is 1. The predicted molar refractivity (Wildman–Crippen MR) is 99.2 cm³/mol. The maximum absolute atomic E-state index is 12.3. The normalized spacial score (nSPS) is 13.1. The van der Waals surface area contributed by atoms with Gasteiger partial charge in [0.1, 0.15) is 0 Å². The third-order valence-electron chi connectivity index (χ3n) is 3.65. The van der Waals surface area contributed by atoms with Gasteiger partial charge in [-0.3, -0.25) is 20.2 Å². The molecule has 0 aromatic heterocycles. The Morgan fingerprint density at radius 2 is 1.88 bits per heavy atom. The van der Waals surface area contributed by atoms with Crippen molar-refractivity contribution in [3.05, 3.63) is 68.2 Å². The van der Waals surface area contributed by atoms with Crippen LogP contribution in [0.2, 0.25) is 10.0 Å². The van der Waals surface area contributed by atoms with Crippen molar-refractivity contribution in [2.75, 3.05) is 5.32 Å². The molecule has 2 atom stereocenters. The molecular formula is C17H17Cl2N3O3. The second-order valence-electron chi connectivity index (χ2n) is 5.57. The highest BCUT2D eigenvalue weighted by molar-refractivity contribution is 6.35. The number of benzene rings is 2. The summed E-state index contributed by atoms with van der Waals surface area (Å²) in [6.45, 7) is 3.58. The molecule has 2 aromatic rings. The minimum absolute atomic E-state index is 0.0836. The van der Waals surface area contributed by atoms with Crippen molar-refractivity contribution in [1.82, 2.24) is 5.32 Å². The SMILES string of the molecule is CC(NC(C)c1ccc(Cl)cc1Cl)C(=O)Nc1cccc([N+](=O)[O-])c1. The van der Waals surface area contributed by atoms with Crippen LogP contribution < -0.4 is 10.6 Å². The number of anilines is 1. The average Bonchev–Trinajstić information content (AvgIpc) is 2.54. The maximum Gasteiger partial charge on any atom is 0.271 e. The Hall–Kier alpha value is -2.15. The molecule has 0 aliphatic heterocycles. The van der Waals surface area contributed by atoms with Crippen LogP contribution in [-0.4, -0.2) is 16.9 Å². The summed E-state index contributed by atoms with van der Waals surface area (Å²) in [5.41, 5.74) is 1.10. The maximum atomic E-state index is 12.3. The van der Waals surface area contributed by atoms with E-state index in [1.807, 2.05) is 6.92 Å². The second kappa shape index (κ2) is 8.29. The molecule has 0 fully saturated rings. The van der Waals surface area contributed by atoms with Gasteiger partial charge in [-0.05, 0) is 37.6 Å². The average molecular weight is 382 g/mol. The summed E-state index contributed by atoms with van der Waals surface area (Å²) in [4.78, 5) is 22.6. The third-order valence-corrected chi connectivity index (χ3v) is 4.21. The molecular weight excluding hydrogens is 365 g/mol. The van der Waals surface area contributed by atoms with E-state index in [0.29, 0.717) is 15.7 Å². The van der Waals surface area contributed by atoms with Gasteiger partial charge in [0.2, 0.25) is 5.91 Å². The monoisotopic (exact) mass is 381 g/mol. The number of nitrogens with zero attached hydrogens (tertiary/aromatic N) is 1. The molecule has 0 radical (unpaired) electrons. The van der Waals surface area contributed by atoms with Crippen LogP contribution in [0, 0.1) is 10.1 Å². The second-order valence-corrected chi connectivity index (χ2v) is 6.42. The van der Waals surface area contributed by atoms with Gasteiger partial charge < -0.3 is 5.32 Å². The predicted octanol–water partition coefficient (Wildman–Crippen LogP) is 4.58. The lowest BCUT2D eigenvalue weighted by molar-refractivity contribution is -0.384. The van der Waals surface area contributed by atoms with Crippen molar-refractivity contribution in [2.24, 2.45) is 0 Å². The molecule has 0 aliphatic carbocycles. The van der Waals surface area contributed by atoms with E-state index in [1.165, 1.54) is 18.2 Å². The van der Waals surface area contributed by atoms with Gasteiger partial charge in [-0.2, -0.15) is 0 Å². The van der Waals surface area contributed by atoms with Crippen molar-refractivity contribution in [3.63, 3.8) is 0 Å². The Balaban J connectivity index is 2.02. The number of hydrogen-bond acceptors (Lipinski definition) is 4. The van der Waals surface area contributed by atoms with E-state index in [-0.39, 0.29) is 17.6 Å². The molecule has 2 aromatic carbocycles. The summed E-state index contributed by atoms with van der Waals surface area (Å²) >= 11 is 12.1. The van der Waals surface area contributed by atoms with E-state index in [2.05, 4.69) is 10.6 Å². The number of nitro benzene ring substituents is 1. The summed E-state index contributed by atoms with van der Waals surface area (Å²) < 4.78 is 0. The molecule has 0 saturated carbocycles. The molecule has 8 heteroatoms. The van der Waals surface area contributed by atoms with E-state index in [1.54, 1.807) is 31.2 Å². The molecule has 0 heterocycles. The minimum atomic E-state index is -0.541. The van der Waals surface area contributed by atoms with Crippen molar-refractivity contribution in [3.8, 4) is 0 Å². The summed E-state index contributed by atoms with van der Waals surface area (Å²) in [6.07, 6.45) is 0. The molecule has 2 rings (SSSR count). The Labute approximate surface area is 155 Å². The summed E-state index contributed by atoms with van der Waals surface area (Å²) in [7, 11) is 0. The fourth-order valence-electron chi connectivity index (χ4n) is 2.34. The Bertz CT molecular complexity index is 798. The number of hydrogen-bond donors (Lipinski definition) is 2. The zero-order valence-corrected chi connectivity index (χ0v) is 15.1. The topological polar surface area (TPSA) is 84.3 Å². The molecule has 2 unspecified atom stereocenters. The van der Waals surface area contributed by atoms with Crippen LogP contribution in [0.3, 0.4) is 0 Å². The molecule has 0 saturated heterocycles. The van der Waals surface area contributed by atoms with Gasteiger partial charge in [0.25, 0.3) is 5.69 Å². The van der Waals surface area contributed by atoms with Crippen LogP contribution in [0.15, 0.2) is 42.5 Å². The first-order valence-electron chi connectivity index (χ1n) is 7.54. The van der Waals surface area contributed by atoms with Gasteiger partial charge in [-0.15, -0.1) is 0 Å². The first-order chi connectivity index (χ1) is 11.8. The summed E-state index contributed by atoms with van der Waals surface area (Å²) in [5, 5.41) is 17.6. The largest absolute Gasteiger partial charge is 0.324 e. The number of nitrogens with one attached hydrogen (secondary N) is 2. The molecule has 0 aliphatic rings. The number of rotatable bonds is 6. The standard InChI is InChI=1S/C17H17Cl2N3O3/c1-10(15-7-6-12(18)8-16(15)19)20-11(2)17(23)21-13-4-3-5-14(9-13)22(24)25/h3-11,20H,1-2H3,(H,21,23). The number of carbonyl (C=O) groups is 1. The highest BCUT2D eigenvalue weighted by Gasteiger charge is 2.18. The Morgan fingerprint density at radius 1 is 1.16 bits per heavy atom. The lowest BCUT2D eigenvalue weighted by Crippen LogP contribution is -2.39. The van der Waals surface area contributed by atoms with E-state index in [9.17, 15) is 14.9 Å². The van der Waals surface area contributed by atoms with Crippen LogP contribution in [0.25, 0.3) is 0 Å². The lowest BCUT2D eigenvalue weighted by atomic mass is 10.1. The van der Waals surface area contributed by atoms with E-state index in [4.69, 9.17) is 23.2 Å². The van der Waals surface area contributed by atoms with Crippen LogP contribution in [0.4, 0.5) is 11.4 Å². The quantitative estimate of drug-likeness (QED) is 0.566. The highest BCUT2D eigenvalue weighted by atomic mass is 35.5. The molecule has 25 heavy (non-hydrogen) atoms. The molecule has 132 valence electrons. The molecule has 1 amide bonds. The third kappa shape index (κ3) is 5.16. The molecule has 0 spiro atoms. The lowest BCUT2D eigenvalue weighted by Gasteiger charge is -2.21. The van der Waals surface area contributed by atoms with E-state index < -0.39 is 11.0 Å². The fraction of sp³-hybridized carbons (Fsp3) is 0.235. The highest BCUT2D eigenvalue weighted by Crippen LogP contribution is 2.26. The van der Waals surface area contributed by atoms with E-state index >= 15 is 0 Å². The fourth-order valence-corrected chi connectivity index (χ4v) is 2.91. The van der Waals surface area contributed by atoms with Gasteiger partial charge in [0, 0.05) is 33.9 Å². The van der Waals surface area contributed by atoms with Crippen LogP contribution in [0.1, 0.15) is 25.5 Å². The van der Waals surface area contributed by atoms with Gasteiger partial charge in [-0.25, -0.2) is 0 Å². The number of nitro groups is 1. The van der Waals surface area contributed by atoms with Crippen molar-refractivity contribution < 1.29 is 9.72 Å². The number of non-ortho nitro benzene ring substituents is 1. The van der Waals surface area contributed by atoms with Crippen LogP contribution in [0.5, 0.6) is 0 Å². The molecule has 6 nitrogen and oxygen atoms in total. The van der Waals surface area contributed by atoms with Crippen molar-refractivity contribution in [1.29, 1.82) is 0 Å². The van der Waals surface area contributed by atoms with Gasteiger partial charge >= 0.3 is 0 Å². The van der Waals surface area contributed by atoms with Gasteiger partial charge in [-0.1, -0.05) is 35.3 Å². The van der Waals surface area contributed by atoms with Crippen LogP contribution >= 0.6 is 23.2 Å². The molecule has 2 N–H and O–H groups in total. The van der Waals surface area contributed by atoms with Crippen LogP contribution in [-0.2, 0) is 4.79 Å². The van der Waals surface area contributed by atoms with Gasteiger partial charge in [0.15, 0.2) is 0 Å². The summed E-state index contributed by atoms with van der Waals surface area (Å²) in [5.74, 6) is -0.308. The first-order valence-corrected chi connectivity index (χ1v) is 8.30. The molecule has 0 bridgehead atoms. The number of carbonyl (C=O) groups excluding carboxylic acids is 1. The smallest absolute Gasteiger partial charge is 0.271 e. The Morgan fingerprint density at radius 3 is 2.52 bits per heavy atom. The van der Waals surface area contributed by atoms with Crippen molar-refractivity contribution >= 4 is 40.5 Å². The number of halogens is 2. The zero-order valence-electron chi connectivity index (χ0n) is 13.6. The summed E-state index contributed by atoms with van der Waals surface area (Å²) in [6, 6.07) is 10.2. The zero-order chi connectivity index (χ0) is 18.6. The first kappa shape index (κ1) is 19.2. The van der Waals surface area contributed by atoms with Gasteiger partial charge in [0.05, 0.1) is 11.0 Å². The van der Waals surface area contributed by atoms with Crippen molar-refractivity contribution in [2.45, 2.75) is 25.9 Å². The minimum Gasteiger partial charge on any atom is -0.324 e. The van der Waals surface area contributed by atoms with E-state index in [0.717, 1.165) is 5.56 Å². The Kier molecular flexibility index (Phi) is 6.36.